The summed E-state index contributed by atoms with van der Waals surface area (Å²) in [6.07, 6.45) is 0. The van der Waals surface area contributed by atoms with Crippen molar-refractivity contribution in [2.45, 2.75) is 13.0 Å². The first-order valence-corrected chi connectivity index (χ1v) is 5.31. The smallest absolute Gasteiger partial charge is 0.323 e. The molecule has 1 rings (SSSR count). The molecule has 5 nitrogen and oxygen atoms in total. The number of aliphatic carboxylic acids is 1. The molecular formula is C12H16N2O3. The minimum Gasteiger partial charge on any atom is -0.480 e. The van der Waals surface area contributed by atoms with E-state index in [0.29, 0.717) is 5.69 Å². The van der Waals surface area contributed by atoms with Crippen LogP contribution in [-0.4, -0.2) is 36.6 Å². The first kappa shape index (κ1) is 13.0. The molecular weight excluding hydrogens is 220 g/mol. The largest absolute Gasteiger partial charge is 0.480 e. The highest BCUT2D eigenvalue weighted by Gasteiger charge is 2.22. The van der Waals surface area contributed by atoms with E-state index in [4.69, 9.17) is 5.11 Å². The number of para-hydroxylation sites is 1. The molecule has 0 spiro atoms. The van der Waals surface area contributed by atoms with E-state index in [2.05, 4.69) is 5.32 Å². The van der Waals surface area contributed by atoms with E-state index >= 15 is 0 Å². The number of carbonyl (C=O) groups is 2. The summed E-state index contributed by atoms with van der Waals surface area (Å²) in [5.41, 5.74) is 0.714. The average Bonchev–Trinajstić information content (AvgIpc) is 2.35. The summed E-state index contributed by atoms with van der Waals surface area (Å²) in [5.74, 6) is -1.18. The maximum Gasteiger partial charge on any atom is 0.323 e. The van der Waals surface area contributed by atoms with Gasteiger partial charge in [0.05, 0.1) is 0 Å². The third-order valence-electron chi connectivity index (χ3n) is 2.49. The molecule has 0 bridgehead atoms. The van der Waals surface area contributed by atoms with E-state index in [0.717, 1.165) is 0 Å². The Bertz CT molecular complexity index is 392. The van der Waals surface area contributed by atoms with Crippen molar-refractivity contribution in [2.75, 3.05) is 18.5 Å². The second kappa shape index (κ2) is 5.89. The van der Waals surface area contributed by atoms with Crippen LogP contribution in [-0.2, 0) is 9.59 Å². The van der Waals surface area contributed by atoms with Gasteiger partial charge in [-0.3, -0.25) is 9.59 Å². The van der Waals surface area contributed by atoms with Crippen LogP contribution in [0, 0.1) is 0 Å². The maximum absolute atomic E-state index is 11.6. The summed E-state index contributed by atoms with van der Waals surface area (Å²) in [6, 6.07) is 8.48. The number of anilines is 1. The highest BCUT2D eigenvalue weighted by molar-refractivity contribution is 5.86. The molecule has 17 heavy (non-hydrogen) atoms. The number of likely N-dealkylation sites (N-methyl/N-ethyl adjacent to an activating group) is 1. The fourth-order valence-electron chi connectivity index (χ4n) is 1.57. The number of carboxylic acids is 1. The van der Waals surface area contributed by atoms with Gasteiger partial charge in [-0.15, -0.1) is 0 Å². The molecule has 0 saturated heterocycles. The third-order valence-corrected chi connectivity index (χ3v) is 2.49. The number of carboxylic acid groups (broad SMARTS) is 1. The van der Waals surface area contributed by atoms with Crippen LogP contribution in [0.3, 0.4) is 0 Å². The molecule has 0 aliphatic heterocycles. The van der Waals surface area contributed by atoms with E-state index in [-0.39, 0.29) is 12.5 Å². The van der Waals surface area contributed by atoms with Crippen LogP contribution < -0.4 is 10.2 Å². The second-order valence-corrected chi connectivity index (χ2v) is 3.65. The Morgan fingerprint density at radius 2 is 1.94 bits per heavy atom. The summed E-state index contributed by atoms with van der Waals surface area (Å²) in [7, 11) is 1.53. The third kappa shape index (κ3) is 3.48. The molecule has 0 aliphatic carbocycles. The first-order chi connectivity index (χ1) is 8.06. The number of nitrogens with one attached hydrogen (secondary N) is 1. The van der Waals surface area contributed by atoms with E-state index in [1.54, 1.807) is 36.1 Å². The van der Waals surface area contributed by atoms with Crippen molar-refractivity contribution in [2.24, 2.45) is 0 Å². The number of hydrogen-bond acceptors (Lipinski definition) is 3. The minimum absolute atomic E-state index is 0.210. The topological polar surface area (TPSA) is 69.6 Å². The number of carbonyl (C=O) groups excluding carboxylic acids is 1. The Hall–Kier alpha value is -2.04. The molecule has 1 atom stereocenters. The minimum atomic E-state index is -0.968. The van der Waals surface area contributed by atoms with Gasteiger partial charge in [0.15, 0.2) is 0 Å². The van der Waals surface area contributed by atoms with Crippen molar-refractivity contribution in [1.82, 2.24) is 5.32 Å². The lowest BCUT2D eigenvalue weighted by atomic mass is 10.2. The van der Waals surface area contributed by atoms with Gasteiger partial charge >= 0.3 is 5.97 Å². The molecule has 5 heteroatoms. The summed E-state index contributed by atoms with van der Waals surface area (Å²) in [5, 5.41) is 11.4. The number of benzene rings is 1. The van der Waals surface area contributed by atoms with E-state index in [1.165, 1.54) is 7.05 Å². The zero-order chi connectivity index (χ0) is 12.8. The summed E-state index contributed by atoms with van der Waals surface area (Å²) in [4.78, 5) is 23.9. The molecule has 2 N–H and O–H groups in total. The Morgan fingerprint density at radius 3 is 2.41 bits per heavy atom. The lowest BCUT2D eigenvalue weighted by Crippen LogP contribution is -2.46. The summed E-state index contributed by atoms with van der Waals surface area (Å²) < 4.78 is 0. The first-order valence-electron chi connectivity index (χ1n) is 5.31. The Balaban J connectivity index is 2.95. The number of hydrogen-bond donors (Lipinski definition) is 2. The van der Waals surface area contributed by atoms with Gasteiger partial charge in [0.2, 0.25) is 5.91 Å². The van der Waals surface area contributed by atoms with E-state index in [9.17, 15) is 9.59 Å². The number of nitrogens with zero attached hydrogens (tertiary/aromatic N) is 1. The van der Waals surface area contributed by atoms with Crippen molar-refractivity contribution in [3.05, 3.63) is 30.3 Å². The van der Waals surface area contributed by atoms with Crippen molar-refractivity contribution in [3.8, 4) is 0 Å². The average molecular weight is 236 g/mol. The van der Waals surface area contributed by atoms with E-state index in [1.807, 2.05) is 6.07 Å². The predicted molar refractivity (Wildman–Crippen MR) is 65.0 cm³/mol. The lowest BCUT2D eigenvalue weighted by molar-refractivity contribution is -0.135. The van der Waals surface area contributed by atoms with Gasteiger partial charge in [0.1, 0.15) is 12.6 Å². The molecule has 0 saturated carbocycles. The van der Waals surface area contributed by atoms with Crippen LogP contribution in [0.1, 0.15) is 6.92 Å². The lowest BCUT2D eigenvalue weighted by Gasteiger charge is -2.28. The summed E-state index contributed by atoms with van der Waals surface area (Å²) in [6.45, 7) is 1.47. The van der Waals surface area contributed by atoms with Gasteiger partial charge in [-0.25, -0.2) is 0 Å². The van der Waals surface area contributed by atoms with Gasteiger partial charge in [-0.1, -0.05) is 18.2 Å². The van der Waals surface area contributed by atoms with Gasteiger partial charge in [-0.2, -0.15) is 0 Å². The zero-order valence-electron chi connectivity index (χ0n) is 9.88. The Morgan fingerprint density at radius 1 is 1.35 bits per heavy atom. The van der Waals surface area contributed by atoms with Gasteiger partial charge in [-0.05, 0) is 19.1 Å². The highest BCUT2D eigenvalue weighted by atomic mass is 16.4. The molecule has 1 unspecified atom stereocenters. The van der Waals surface area contributed by atoms with Crippen LogP contribution >= 0.6 is 0 Å². The molecule has 0 aliphatic rings. The predicted octanol–water partition coefficient (Wildman–Crippen LogP) is 0.712. The standard InChI is InChI=1S/C12H16N2O3/c1-9(12(17)13-2)14(8-11(15)16)10-6-4-3-5-7-10/h3-7,9H,8H2,1-2H3,(H,13,17)(H,15,16). The Kier molecular flexibility index (Phi) is 4.51. The molecule has 0 radical (unpaired) electrons. The number of amides is 1. The van der Waals surface area contributed by atoms with Crippen molar-refractivity contribution < 1.29 is 14.7 Å². The molecule has 1 aromatic rings. The van der Waals surface area contributed by atoms with Crippen LogP contribution in [0.5, 0.6) is 0 Å². The number of rotatable bonds is 5. The zero-order valence-corrected chi connectivity index (χ0v) is 9.88. The highest BCUT2D eigenvalue weighted by Crippen LogP contribution is 2.16. The second-order valence-electron chi connectivity index (χ2n) is 3.65. The van der Waals surface area contributed by atoms with E-state index < -0.39 is 12.0 Å². The van der Waals surface area contributed by atoms with Crippen LogP contribution in [0.15, 0.2) is 30.3 Å². The molecule has 1 aromatic carbocycles. The monoisotopic (exact) mass is 236 g/mol. The van der Waals surface area contributed by atoms with Crippen molar-refractivity contribution in [1.29, 1.82) is 0 Å². The normalized spacial score (nSPS) is 11.6. The van der Waals surface area contributed by atoms with Crippen LogP contribution in [0.2, 0.25) is 0 Å². The molecule has 1 amide bonds. The maximum atomic E-state index is 11.6. The molecule has 0 heterocycles. The van der Waals surface area contributed by atoms with Gasteiger partial charge in [0.25, 0.3) is 0 Å². The molecule has 0 fully saturated rings. The molecule has 92 valence electrons. The molecule has 0 aromatic heterocycles. The van der Waals surface area contributed by atoms with Gasteiger partial charge < -0.3 is 15.3 Å². The SMILES string of the molecule is CNC(=O)C(C)N(CC(=O)O)c1ccccc1. The quantitative estimate of drug-likeness (QED) is 0.790. The summed E-state index contributed by atoms with van der Waals surface area (Å²) >= 11 is 0. The van der Waals surface area contributed by atoms with Crippen molar-refractivity contribution >= 4 is 17.6 Å². The Labute approximate surface area is 100 Å². The fraction of sp³-hybridized carbons (Fsp3) is 0.333. The van der Waals surface area contributed by atoms with Crippen LogP contribution in [0.25, 0.3) is 0 Å². The van der Waals surface area contributed by atoms with Crippen molar-refractivity contribution in [3.63, 3.8) is 0 Å². The van der Waals surface area contributed by atoms with Gasteiger partial charge in [0, 0.05) is 12.7 Å². The van der Waals surface area contributed by atoms with Crippen LogP contribution in [0.4, 0.5) is 5.69 Å². The fourth-order valence-corrected chi connectivity index (χ4v) is 1.57.